The molecule has 0 bridgehead atoms. The number of nitrogens with zero attached hydrogens (tertiary/aromatic N) is 2. The van der Waals surface area contributed by atoms with E-state index in [0.29, 0.717) is 36.0 Å². The molecule has 0 saturated carbocycles. The van der Waals surface area contributed by atoms with Crippen LogP contribution in [0.25, 0.3) is 10.2 Å². The Hall–Kier alpha value is -2.00. The van der Waals surface area contributed by atoms with Gasteiger partial charge in [-0.3, -0.25) is 14.9 Å². The molecule has 4 heterocycles. The summed E-state index contributed by atoms with van der Waals surface area (Å²) in [6.45, 7) is 0.859. The lowest BCUT2D eigenvalue weighted by Gasteiger charge is -2.28. The predicted octanol–water partition coefficient (Wildman–Crippen LogP) is 2.03. The molecule has 2 aromatic rings. The van der Waals surface area contributed by atoms with E-state index in [9.17, 15) is 9.59 Å². The van der Waals surface area contributed by atoms with Crippen molar-refractivity contribution in [1.82, 2.24) is 9.88 Å². The third kappa shape index (κ3) is 1.94. The molecule has 2 amide bonds. The van der Waals surface area contributed by atoms with Crippen LogP contribution < -0.4 is 14.8 Å². The molecule has 124 valence electrons. The van der Waals surface area contributed by atoms with Gasteiger partial charge in [0.05, 0.1) is 10.2 Å². The standard InChI is InChI=1S/C15H13N3O4S2/c19-12-1-2-15(18(12)3-4-23-15)13(20)17-14-16-8-5-9-10(22-7-21-9)6-11(8)24-14/h5-6H,1-4,7H2,(H,16,17,20). The van der Waals surface area contributed by atoms with Crippen molar-refractivity contribution in [3.05, 3.63) is 12.1 Å². The Balaban J connectivity index is 1.44. The van der Waals surface area contributed by atoms with Crippen LogP contribution in [0.1, 0.15) is 12.8 Å². The monoisotopic (exact) mass is 363 g/mol. The fourth-order valence-corrected chi connectivity index (χ4v) is 5.64. The minimum atomic E-state index is -0.761. The van der Waals surface area contributed by atoms with E-state index in [1.165, 1.54) is 11.3 Å². The Bertz CT molecular complexity index is 842. The van der Waals surface area contributed by atoms with Crippen molar-refractivity contribution in [2.45, 2.75) is 17.7 Å². The van der Waals surface area contributed by atoms with Gasteiger partial charge in [0.25, 0.3) is 5.91 Å². The summed E-state index contributed by atoms with van der Waals surface area (Å²) in [4.78, 5) is 30.2. The van der Waals surface area contributed by atoms with Crippen LogP contribution in [0.15, 0.2) is 12.1 Å². The van der Waals surface area contributed by atoms with Crippen LogP contribution in [0.3, 0.4) is 0 Å². The number of hydrogen-bond donors (Lipinski definition) is 1. The van der Waals surface area contributed by atoms with E-state index >= 15 is 0 Å². The Morgan fingerprint density at radius 2 is 2.17 bits per heavy atom. The Labute approximate surface area is 145 Å². The second-order valence-electron chi connectivity index (χ2n) is 5.82. The molecule has 3 aliphatic heterocycles. The summed E-state index contributed by atoms with van der Waals surface area (Å²) in [6.07, 6.45) is 0.991. The van der Waals surface area contributed by atoms with Crippen molar-refractivity contribution in [2.24, 2.45) is 0 Å². The smallest absolute Gasteiger partial charge is 0.262 e. The maximum atomic E-state index is 12.8. The maximum Gasteiger partial charge on any atom is 0.262 e. The minimum Gasteiger partial charge on any atom is -0.454 e. The number of amides is 2. The molecule has 2 fully saturated rings. The van der Waals surface area contributed by atoms with Gasteiger partial charge in [-0.15, -0.1) is 11.8 Å². The number of hydrogen-bond acceptors (Lipinski definition) is 7. The maximum absolute atomic E-state index is 12.8. The van der Waals surface area contributed by atoms with Gasteiger partial charge in [0, 0.05) is 30.9 Å². The molecule has 0 spiro atoms. The number of aromatic nitrogens is 1. The van der Waals surface area contributed by atoms with Crippen molar-refractivity contribution in [2.75, 3.05) is 24.4 Å². The molecule has 0 radical (unpaired) electrons. The van der Waals surface area contributed by atoms with Crippen molar-refractivity contribution >= 4 is 50.3 Å². The average Bonchev–Trinajstić information content (AvgIpc) is 3.29. The van der Waals surface area contributed by atoms with E-state index in [0.717, 1.165) is 16.0 Å². The molecule has 5 rings (SSSR count). The molecule has 7 nitrogen and oxygen atoms in total. The normalized spacial score (nSPS) is 24.7. The number of anilines is 1. The number of ether oxygens (including phenoxy) is 2. The first-order valence-electron chi connectivity index (χ1n) is 7.62. The van der Waals surface area contributed by atoms with Crippen molar-refractivity contribution < 1.29 is 19.1 Å². The van der Waals surface area contributed by atoms with E-state index in [1.807, 2.05) is 12.1 Å². The molecule has 1 aromatic heterocycles. The summed E-state index contributed by atoms with van der Waals surface area (Å²) in [5.41, 5.74) is 0.760. The average molecular weight is 363 g/mol. The number of nitrogens with one attached hydrogen (secondary N) is 1. The molecule has 3 aliphatic rings. The number of carbonyl (C=O) groups excluding carboxylic acids is 2. The number of carbonyl (C=O) groups is 2. The van der Waals surface area contributed by atoms with E-state index in [2.05, 4.69) is 10.3 Å². The Kier molecular flexibility index (Phi) is 2.99. The molecule has 1 atom stereocenters. The molecule has 1 aromatic carbocycles. The van der Waals surface area contributed by atoms with E-state index < -0.39 is 4.87 Å². The number of rotatable bonds is 2. The van der Waals surface area contributed by atoms with Crippen molar-refractivity contribution in [1.29, 1.82) is 0 Å². The molecule has 0 aliphatic carbocycles. The Morgan fingerprint density at radius 3 is 3.04 bits per heavy atom. The van der Waals surface area contributed by atoms with Crippen LogP contribution in [0.5, 0.6) is 11.5 Å². The number of benzene rings is 1. The molecular weight excluding hydrogens is 350 g/mol. The molecule has 9 heteroatoms. The fraction of sp³-hybridized carbons (Fsp3) is 0.400. The molecule has 1 N–H and O–H groups in total. The summed E-state index contributed by atoms with van der Waals surface area (Å²) in [6, 6.07) is 3.69. The SMILES string of the molecule is O=C1CCC2(C(=O)Nc3nc4cc5c(cc4s3)OCO5)SCCN12. The molecule has 1 unspecified atom stereocenters. The quantitative estimate of drug-likeness (QED) is 0.879. The van der Waals surface area contributed by atoms with E-state index in [4.69, 9.17) is 9.47 Å². The van der Waals surface area contributed by atoms with Crippen LogP contribution in [-0.2, 0) is 9.59 Å². The lowest BCUT2D eigenvalue weighted by Crippen LogP contribution is -2.48. The second kappa shape index (κ2) is 5.00. The second-order valence-corrected chi connectivity index (χ2v) is 8.23. The number of thiazole rings is 1. The van der Waals surface area contributed by atoms with Gasteiger partial charge in [-0.2, -0.15) is 0 Å². The predicted molar refractivity (Wildman–Crippen MR) is 90.5 cm³/mol. The molecule has 2 saturated heterocycles. The van der Waals surface area contributed by atoms with Gasteiger partial charge in [0.1, 0.15) is 0 Å². The van der Waals surface area contributed by atoms with Crippen LogP contribution >= 0.6 is 23.1 Å². The van der Waals surface area contributed by atoms with Crippen LogP contribution in [-0.4, -0.2) is 45.7 Å². The number of fused-ring (bicyclic) bond motifs is 3. The first kappa shape index (κ1) is 14.4. The van der Waals surface area contributed by atoms with Gasteiger partial charge in [-0.05, 0) is 6.42 Å². The highest BCUT2D eigenvalue weighted by Crippen LogP contribution is 2.46. The first-order valence-corrected chi connectivity index (χ1v) is 9.42. The number of thioether (sulfide) groups is 1. The summed E-state index contributed by atoms with van der Waals surface area (Å²) in [5, 5.41) is 3.43. The largest absolute Gasteiger partial charge is 0.454 e. The lowest BCUT2D eigenvalue weighted by molar-refractivity contribution is -0.133. The van der Waals surface area contributed by atoms with Gasteiger partial charge in [-0.25, -0.2) is 4.98 Å². The minimum absolute atomic E-state index is 0.0603. The highest BCUT2D eigenvalue weighted by molar-refractivity contribution is 8.01. The Morgan fingerprint density at radius 1 is 1.33 bits per heavy atom. The van der Waals surface area contributed by atoms with Gasteiger partial charge in [0.15, 0.2) is 21.5 Å². The van der Waals surface area contributed by atoms with Gasteiger partial charge >= 0.3 is 0 Å². The highest BCUT2D eigenvalue weighted by atomic mass is 32.2. The molecule has 24 heavy (non-hydrogen) atoms. The third-order valence-corrected chi connectivity index (χ3v) is 6.94. The molecular formula is C15H13N3O4S2. The van der Waals surface area contributed by atoms with Crippen LogP contribution in [0.4, 0.5) is 5.13 Å². The zero-order valence-electron chi connectivity index (χ0n) is 12.5. The zero-order chi connectivity index (χ0) is 16.3. The van der Waals surface area contributed by atoms with Crippen LogP contribution in [0, 0.1) is 0 Å². The first-order chi connectivity index (χ1) is 11.7. The zero-order valence-corrected chi connectivity index (χ0v) is 14.2. The summed E-state index contributed by atoms with van der Waals surface area (Å²) in [5.74, 6) is 2.06. The van der Waals surface area contributed by atoms with Gasteiger partial charge in [0.2, 0.25) is 12.7 Å². The summed E-state index contributed by atoms with van der Waals surface area (Å²) >= 11 is 2.94. The van der Waals surface area contributed by atoms with E-state index in [1.54, 1.807) is 16.7 Å². The lowest BCUT2D eigenvalue weighted by atomic mass is 10.2. The fourth-order valence-electron chi connectivity index (χ4n) is 3.38. The van der Waals surface area contributed by atoms with Gasteiger partial charge < -0.3 is 14.4 Å². The summed E-state index contributed by atoms with van der Waals surface area (Å²) < 4.78 is 11.6. The van der Waals surface area contributed by atoms with E-state index in [-0.39, 0.29) is 18.6 Å². The topological polar surface area (TPSA) is 80.8 Å². The van der Waals surface area contributed by atoms with Crippen LogP contribution in [0.2, 0.25) is 0 Å². The van der Waals surface area contributed by atoms with Crippen molar-refractivity contribution in [3.63, 3.8) is 0 Å². The highest BCUT2D eigenvalue weighted by Gasteiger charge is 2.54. The van der Waals surface area contributed by atoms with Gasteiger partial charge in [-0.1, -0.05) is 11.3 Å². The third-order valence-electron chi connectivity index (χ3n) is 4.53. The summed E-state index contributed by atoms with van der Waals surface area (Å²) in [7, 11) is 0. The van der Waals surface area contributed by atoms with Crippen molar-refractivity contribution in [3.8, 4) is 11.5 Å².